The summed E-state index contributed by atoms with van der Waals surface area (Å²) in [5, 5.41) is 2.20. The van der Waals surface area contributed by atoms with Crippen LogP contribution in [0, 0.1) is 0 Å². The van der Waals surface area contributed by atoms with E-state index < -0.39 is 0 Å². The molecule has 3 rings (SSSR count). The summed E-state index contributed by atoms with van der Waals surface area (Å²) in [5.74, 6) is 1.45. The van der Waals surface area contributed by atoms with Crippen LogP contribution in [0.5, 0.6) is 11.5 Å². The number of aromatic nitrogens is 1. The number of rotatable bonds is 3. The first-order valence-electron chi connectivity index (χ1n) is 6.15. The van der Waals surface area contributed by atoms with Crippen molar-refractivity contribution in [2.24, 2.45) is 5.73 Å². The predicted octanol–water partition coefficient (Wildman–Crippen LogP) is 3.66. The summed E-state index contributed by atoms with van der Waals surface area (Å²) >= 11 is 4.87. The lowest BCUT2D eigenvalue weighted by Crippen LogP contribution is -2.10. The van der Waals surface area contributed by atoms with Gasteiger partial charge in [-0.3, -0.25) is 0 Å². The molecule has 0 fully saturated rings. The second-order valence-electron chi connectivity index (χ2n) is 4.32. The van der Waals surface area contributed by atoms with Crippen molar-refractivity contribution in [1.29, 1.82) is 0 Å². The first kappa shape index (κ1) is 12.6. The molecule has 0 aliphatic heterocycles. The van der Waals surface area contributed by atoms with Gasteiger partial charge in [-0.1, -0.05) is 48.6 Å². The smallest absolute Gasteiger partial charge is 0.145 e. The van der Waals surface area contributed by atoms with Crippen LogP contribution in [-0.4, -0.2) is 9.97 Å². The molecule has 2 N–H and O–H groups in total. The number of hydrogen-bond donors (Lipinski definition) is 1. The van der Waals surface area contributed by atoms with E-state index in [1.807, 2.05) is 36.4 Å². The molecule has 0 amide bonds. The summed E-state index contributed by atoms with van der Waals surface area (Å²) in [6.07, 6.45) is 1.62. The summed E-state index contributed by atoms with van der Waals surface area (Å²) in [5.41, 5.74) is 6.11. The van der Waals surface area contributed by atoms with E-state index in [1.165, 1.54) is 0 Å². The maximum absolute atomic E-state index is 5.88. The predicted molar refractivity (Wildman–Crippen MR) is 84.1 cm³/mol. The van der Waals surface area contributed by atoms with Gasteiger partial charge in [-0.2, -0.15) is 0 Å². The van der Waals surface area contributed by atoms with Gasteiger partial charge in [0.2, 0.25) is 0 Å². The van der Waals surface area contributed by atoms with Gasteiger partial charge in [-0.15, -0.1) is 0 Å². The maximum atomic E-state index is 5.88. The van der Waals surface area contributed by atoms with Crippen LogP contribution in [0.15, 0.2) is 60.8 Å². The number of benzene rings is 2. The lowest BCUT2D eigenvalue weighted by Gasteiger charge is -2.09. The van der Waals surface area contributed by atoms with Crippen molar-refractivity contribution in [2.75, 3.05) is 0 Å². The molecule has 4 heteroatoms. The van der Waals surface area contributed by atoms with Crippen molar-refractivity contribution in [3.63, 3.8) is 0 Å². The minimum absolute atomic E-state index is 0.279. The zero-order valence-electron chi connectivity index (χ0n) is 10.6. The first-order chi connectivity index (χ1) is 9.74. The van der Waals surface area contributed by atoms with Crippen LogP contribution >= 0.6 is 12.2 Å². The summed E-state index contributed by atoms with van der Waals surface area (Å²) in [7, 11) is 0. The molecule has 0 aliphatic rings. The van der Waals surface area contributed by atoms with Crippen molar-refractivity contribution >= 4 is 28.0 Å². The number of ether oxygens (including phenoxy) is 1. The quantitative estimate of drug-likeness (QED) is 0.744. The monoisotopic (exact) mass is 280 g/mol. The molecule has 3 aromatic rings. The molecule has 98 valence electrons. The van der Waals surface area contributed by atoms with Crippen molar-refractivity contribution in [2.45, 2.75) is 0 Å². The standard InChI is InChI=1S/C16H12N2OS/c17-16(20)14-9-8-12(10-18-14)19-15-7-3-5-11-4-1-2-6-13(11)15/h1-10H,(H2,17,20). The fraction of sp³-hybridized carbons (Fsp3) is 0. The summed E-state index contributed by atoms with van der Waals surface area (Å²) in [4.78, 5) is 4.44. The third-order valence-electron chi connectivity index (χ3n) is 2.97. The molecule has 0 radical (unpaired) electrons. The van der Waals surface area contributed by atoms with E-state index in [1.54, 1.807) is 12.3 Å². The van der Waals surface area contributed by atoms with Crippen LogP contribution < -0.4 is 10.5 Å². The molecule has 0 saturated carbocycles. The number of nitrogens with zero attached hydrogens (tertiary/aromatic N) is 1. The van der Waals surface area contributed by atoms with Gasteiger partial charge >= 0.3 is 0 Å². The fourth-order valence-electron chi connectivity index (χ4n) is 2.00. The Kier molecular flexibility index (Phi) is 3.31. The minimum atomic E-state index is 0.279. The Balaban J connectivity index is 1.95. The molecule has 0 unspecified atom stereocenters. The number of thiocarbonyl (C=S) groups is 1. The third kappa shape index (κ3) is 2.46. The molecule has 0 bridgehead atoms. The van der Waals surface area contributed by atoms with Crippen LogP contribution in [0.1, 0.15) is 5.69 Å². The average molecular weight is 280 g/mol. The first-order valence-corrected chi connectivity index (χ1v) is 6.56. The molecule has 1 aromatic heterocycles. The lowest BCUT2D eigenvalue weighted by atomic mass is 10.1. The third-order valence-corrected chi connectivity index (χ3v) is 3.18. The normalized spacial score (nSPS) is 10.4. The van der Waals surface area contributed by atoms with Crippen molar-refractivity contribution < 1.29 is 4.74 Å². The van der Waals surface area contributed by atoms with E-state index >= 15 is 0 Å². The topological polar surface area (TPSA) is 48.1 Å². The molecule has 20 heavy (non-hydrogen) atoms. The van der Waals surface area contributed by atoms with E-state index in [4.69, 9.17) is 22.7 Å². The highest BCUT2D eigenvalue weighted by Crippen LogP contribution is 2.29. The van der Waals surface area contributed by atoms with Gasteiger partial charge in [0.25, 0.3) is 0 Å². The van der Waals surface area contributed by atoms with Crippen molar-refractivity contribution in [3.05, 3.63) is 66.5 Å². The molecule has 1 heterocycles. The van der Waals surface area contributed by atoms with Gasteiger partial charge < -0.3 is 10.5 Å². The Hall–Kier alpha value is -2.46. The Morgan fingerprint density at radius 3 is 2.55 bits per heavy atom. The number of nitrogens with two attached hydrogens (primary N) is 1. The summed E-state index contributed by atoms with van der Waals surface area (Å²) < 4.78 is 5.88. The van der Waals surface area contributed by atoms with Crippen molar-refractivity contribution in [1.82, 2.24) is 4.98 Å². The highest BCUT2D eigenvalue weighted by atomic mass is 32.1. The second-order valence-corrected chi connectivity index (χ2v) is 4.76. The lowest BCUT2D eigenvalue weighted by molar-refractivity contribution is 0.486. The van der Waals surface area contributed by atoms with Crippen molar-refractivity contribution in [3.8, 4) is 11.5 Å². The highest BCUT2D eigenvalue weighted by Gasteiger charge is 2.04. The van der Waals surface area contributed by atoms with Gasteiger partial charge in [0.15, 0.2) is 0 Å². The molecule has 0 aliphatic carbocycles. The van der Waals surface area contributed by atoms with Gasteiger partial charge in [-0.05, 0) is 23.6 Å². The summed E-state index contributed by atoms with van der Waals surface area (Å²) in [6, 6.07) is 17.6. The van der Waals surface area contributed by atoms with Gasteiger partial charge in [0, 0.05) is 5.39 Å². The molecule has 3 nitrogen and oxygen atoms in total. The number of fused-ring (bicyclic) bond motifs is 1. The molecule has 0 atom stereocenters. The summed E-state index contributed by atoms with van der Waals surface area (Å²) in [6.45, 7) is 0. The van der Waals surface area contributed by atoms with Crippen LogP contribution in [0.3, 0.4) is 0 Å². The largest absolute Gasteiger partial charge is 0.455 e. The molecule has 0 spiro atoms. The number of hydrogen-bond acceptors (Lipinski definition) is 3. The van der Waals surface area contributed by atoms with E-state index in [0.717, 1.165) is 16.5 Å². The maximum Gasteiger partial charge on any atom is 0.145 e. The second kappa shape index (κ2) is 5.27. The Labute approximate surface area is 122 Å². The van der Waals surface area contributed by atoms with Gasteiger partial charge in [0.1, 0.15) is 16.5 Å². The SMILES string of the molecule is NC(=S)c1ccc(Oc2cccc3ccccc23)cn1. The minimum Gasteiger partial charge on any atom is -0.455 e. The van der Waals surface area contributed by atoms with E-state index in [0.29, 0.717) is 11.4 Å². The van der Waals surface area contributed by atoms with Crippen LogP contribution in [0.25, 0.3) is 10.8 Å². The number of pyridine rings is 1. The van der Waals surface area contributed by atoms with E-state index in [2.05, 4.69) is 17.1 Å². The molecular formula is C16H12N2OS. The Bertz CT molecular complexity index is 764. The van der Waals surface area contributed by atoms with Gasteiger partial charge in [-0.25, -0.2) is 4.98 Å². The van der Waals surface area contributed by atoms with Gasteiger partial charge in [0.05, 0.1) is 11.9 Å². The molecule has 2 aromatic carbocycles. The van der Waals surface area contributed by atoms with Crippen LogP contribution in [-0.2, 0) is 0 Å². The highest BCUT2D eigenvalue weighted by molar-refractivity contribution is 7.80. The van der Waals surface area contributed by atoms with E-state index in [-0.39, 0.29) is 4.99 Å². The van der Waals surface area contributed by atoms with Crippen LogP contribution in [0.4, 0.5) is 0 Å². The molecule has 0 saturated heterocycles. The average Bonchev–Trinajstić information content (AvgIpc) is 2.48. The Morgan fingerprint density at radius 2 is 1.80 bits per heavy atom. The fourth-order valence-corrected chi connectivity index (χ4v) is 2.12. The van der Waals surface area contributed by atoms with Crippen LogP contribution in [0.2, 0.25) is 0 Å². The molecular weight excluding hydrogens is 268 g/mol. The Morgan fingerprint density at radius 1 is 1.00 bits per heavy atom. The zero-order chi connectivity index (χ0) is 13.9. The van der Waals surface area contributed by atoms with E-state index in [9.17, 15) is 0 Å². The zero-order valence-corrected chi connectivity index (χ0v) is 11.4.